The minimum Gasteiger partial charge on any atom is -0.327 e. The summed E-state index contributed by atoms with van der Waals surface area (Å²) in [7, 11) is 0. The molecule has 1 heterocycles. The van der Waals surface area contributed by atoms with E-state index in [4.69, 9.17) is 5.73 Å². The maximum absolute atomic E-state index is 5.85. The van der Waals surface area contributed by atoms with E-state index >= 15 is 0 Å². The maximum atomic E-state index is 5.85. The van der Waals surface area contributed by atoms with Gasteiger partial charge in [-0.05, 0) is 18.6 Å². The van der Waals surface area contributed by atoms with E-state index in [0.29, 0.717) is 0 Å². The standard InChI is InChI=1S/C9H15N3/c1-2-4-8(10)7-9-5-3-6-11-12-9/h3,5-6,8H,2,4,7,10H2,1H3. The van der Waals surface area contributed by atoms with E-state index in [2.05, 4.69) is 17.1 Å². The van der Waals surface area contributed by atoms with E-state index < -0.39 is 0 Å². The Morgan fingerprint density at radius 3 is 3.00 bits per heavy atom. The summed E-state index contributed by atoms with van der Waals surface area (Å²) in [4.78, 5) is 0. The highest BCUT2D eigenvalue weighted by molar-refractivity contribution is 5.00. The fraction of sp³-hybridized carbons (Fsp3) is 0.556. The van der Waals surface area contributed by atoms with Crippen LogP contribution in [0.25, 0.3) is 0 Å². The lowest BCUT2D eigenvalue weighted by Gasteiger charge is -2.07. The quantitative estimate of drug-likeness (QED) is 0.728. The lowest BCUT2D eigenvalue weighted by atomic mass is 10.1. The topological polar surface area (TPSA) is 51.8 Å². The summed E-state index contributed by atoms with van der Waals surface area (Å²) < 4.78 is 0. The molecule has 1 aromatic heterocycles. The third-order valence-electron chi connectivity index (χ3n) is 1.76. The largest absolute Gasteiger partial charge is 0.327 e. The first-order valence-corrected chi connectivity index (χ1v) is 4.35. The zero-order valence-corrected chi connectivity index (χ0v) is 7.40. The molecule has 0 aliphatic carbocycles. The molecule has 2 N–H and O–H groups in total. The van der Waals surface area contributed by atoms with Crippen LogP contribution in [0, 0.1) is 0 Å². The van der Waals surface area contributed by atoms with Gasteiger partial charge in [0, 0.05) is 18.7 Å². The average Bonchev–Trinajstić information content (AvgIpc) is 2.06. The first-order chi connectivity index (χ1) is 5.83. The van der Waals surface area contributed by atoms with Crippen molar-refractivity contribution in [2.45, 2.75) is 32.2 Å². The summed E-state index contributed by atoms with van der Waals surface area (Å²) in [5, 5.41) is 7.76. The van der Waals surface area contributed by atoms with Crippen LogP contribution < -0.4 is 5.73 Å². The van der Waals surface area contributed by atoms with E-state index in [1.807, 2.05) is 12.1 Å². The third-order valence-corrected chi connectivity index (χ3v) is 1.76. The fourth-order valence-electron chi connectivity index (χ4n) is 1.18. The second-order valence-electron chi connectivity index (χ2n) is 2.97. The van der Waals surface area contributed by atoms with Gasteiger partial charge in [-0.15, -0.1) is 0 Å². The molecule has 1 atom stereocenters. The van der Waals surface area contributed by atoms with Gasteiger partial charge in [-0.2, -0.15) is 10.2 Å². The Morgan fingerprint density at radius 2 is 2.42 bits per heavy atom. The van der Waals surface area contributed by atoms with Gasteiger partial charge in [-0.25, -0.2) is 0 Å². The average molecular weight is 165 g/mol. The molecule has 0 saturated heterocycles. The Bertz CT molecular complexity index is 210. The Balaban J connectivity index is 2.41. The van der Waals surface area contributed by atoms with Gasteiger partial charge < -0.3 is 5.73 Å². The number of nitrogens with zero attached hydrogens (tertiary/aromatic N) is 2. The normalized spacial score (nSPS) is 12.8. The van der Waals surface area contributed by atoms with Gasteiger partial charge in [0.25, 0.3) is 0 Å². The minimum absolute atomic E-state index is 0.228. The van der Waals surface area contributed by atoms with Gasteiger partial charge in [-0.1, -0.05) is 13.3 Å². The number of hydrogen-bond acceptors (Lipinski definition) is 3. The number of nitrogens with two attached hydrogens (primary N) is 1. The molecule has 1 unspecified atom stereocenters. The SMILES string of the molecule is CCCC(N)Cc1cccnn1. The van der Waals surface area contributed by atoms with Crippen molar-refractivity contribution in [2.24, 2.45) is 5.73 Å². The van der Waals surface area contributed by atoms with E-state index in [1.54, 1.807) is 6.20 Å². The highest BCUT2D eigenvalue weighted by atomic mass is 15.1. The Labute approximate surface area is 73.0 Å². The monoisotopic (exact) mass is 165 g/mol. The van der Waals surface area contributed by atoms with Crippen molar-refractivity contribution in [1.29, 1.82) is 0 Å². The smallest absolute Gasteiger partial charge is 0.0646 e. The zero-order valence-electron chi connectivity index (χ0n) is 7.40. The molecule has 0 aliphatic rings. The van der Waals surface area contributed by atoms with Gasteiger partial charge in [0.15, 0.2) is 0 Å². The molecule has 1 rings (SSSR count). The van der Waals surface area contributed by atoms with Crippen molar-refractivity contribution in [3.8, 4) is 0 Å². The molecular formula is C9H15N3. The summed E-state index contributed by atoms with van der Waals surface area (Å²) in [6.07, 6.45) is 4.69. The van der Waals surface area contributed by atoms with Crippen LogP contribution in [0.1, 0.15) is 25.5 Å². The van der Waals surface area contributed by atoms with Crippen LogP contribution in [0.5, 0.6) is 0 Å². The van der Waals surface area contributed by atoms with Gasteiger partial charge in [-0.3, -0.25) is 0 Å². The van der Waals surface area contributed by atoms with Crippen LogP contribution in [0.2, 0.25) is 0 Å². The highest BCUT2D eigenvalue weighted by Crippen LogP contribution is 2.01. The van der Waals surface area contributed by atoms with Crippen molar-refractivity contribution >= 4 is 0 Å². The van der Waals surface area contributed by atoms with Crippen molar-refractivity contribution in [3.05, 3.63) is 24.0 Å². The predicted molar refractivity (Wildman–Crippen MR) is 48.6 cm³/mol. The first kappa shape index (κ1) is 9.13. The van der Waals surface area contributed by atoms with Gasteiger partial charge in [0.2, 0.25) is 0 Å². The second kappa shape index (κ2) is 4.83. The van der Waals surface area contributed by atoms with Crippen LogP contribution in [0.4, 0.5) is 0 Å². The van der Waals surface area contributed by atoms with E-state index in [-0.39, 0.29) is 6.04 Å². The Morgan fingerprint density at radius 1 is 1.58 bits per heavy atom. The number of hydrogen-bond donors (Lipinski definition) is 1. The Hall–Kier alpha value is -0.960. The molecule has 0 fully saturated rings. The molecule has 66 valence electrons. The molecular weight excluding hydrogens is 150 g/mol. The molecule has 0 bridgehead atoms. The summed E-state index contributed by atoms with van der Waals surface area (Å²) in [6.45, 7) is 2.14. The molecule has 1 aromatic rings. The molecule has 0 amide bonds. The van der Waals surface area contributed by atoms with Crippen LogP contribution >= 0.6 is 0 Å². The lowest BCUT2D eigenvalue weighted by Crippen LogP contribution is -2.22. The lowest BCUT2D eigenvalue weighted by molar-refractivity contribution is 0.589. The summed E-state index contributed by atoms with van der Waals surface area (Å²) in [6, 6.07) is 4.08. The summed E-state index contributed by atoms with van der Waals surface area (Å²) >= 11 is 0. The van der Waals surface area contributed by atoms with E-state index in [0.717, 1.165) is 25.0 Å². The van der Waals surface area contributed by atoms with Gasteiger partial charge >= 0.3 is 0 Å². The number of aromatic nitrogens is 2. The van der Waals surface area contributed by atoms with Crippen molar-refractivity contribution in [3.63, 3.8) is 0 Å². The number of rotatable bonds is 4. The minimum atomic E-state index is 0.228. The van der Waals surface area contributed by atoms with Crippen molar-refractivity contribution < 1.29 is 0 Å². The van der Waals surface area contributed by atoms with Crippen molar-refractivity contribution in [2.75, 3.05) is 0 Å². The van der Waals surface area contributed by atoms with Gasteiger partial charge in [0.1, 0.15) is 0 Å². The zero-order chi connectivity index (χ0) is 8.81. The van der Waals surface area contributed by atoms with Crippen LogP contribution in [-0.4, -0.2) is 16.2 Å². The molecule has 0 aromatic carbocycles. The van der Waals surface area contributed by atoms with Gasteiger partial charge in [0.05, 0.1) is 5.69 Å². The molecule has 0 aliphatic heterocycles. The first-order valence-electron chi connectivity index (χ1n) is 4.35. The third kappa shape index (κ3) is 2.96. The summed E-state index contributed by atoms with van der Waals surface area (Å²) in [5.41, 5.74) is 6.83. The van der Waals surface area contributed by atoms with Crippen LogP contribution in [0.3, 0.4) is 0 Å². The van der Waals surface area contributed by atoms with Crippen LogP contribution in [0.15, 0.2) is 18.3 Å². The van der Waals surface area contributed by atoms with E-state index in [9.17, 15) is 0 Å². The molecule has 0 saturated carbocycles. The predicted octanol–water partition coefficient (Wildman–Crippen LogP) is 1.15. The molecule has 12 heavy (non-hydrogen) atoms. The van der Waals surface area contributed by atoms with Crippen molar-refractivity contribution in [1.82, 2.24) is 10.2 Å². The molecule has 3 nitrogen and oxygen atoms in total. The molecule has 0 radical (unpaired) electrons. The Kier molecular flexibility index (Phi) is 3.67. The van der Waals surface area contributed by atoms with E-state index in [1.165, 1.54) is 0 Å². The highest BCUT2D eigenvalue weighted by Gasteiger charge is 2.02. The summed E-state index contributed by atoms with van der Waals surface area (Å²) in [5.74, 6) is 0. The molecule has 0 spiro atoms. The van der Waals surface area contributed by atoms with Crippen LogP contribution in [-0.2, 0) is 6.42 Å². The molecule has 3 heteroatoms. The second-order valence-corrected chi connectivity index (χ2v) is 2.97. The maximum Gasteiger partial charge on any atom is 0.0646 e. The fourth-order valence-corrected chi connectivity index (χ4v) is 1.18.